The quantitative estimate of drug-likeness (QED) is 0.0602. The van der Waals surface area contributed by atoms with Crippen LogP contribution in [-0.2, 0) is 18.4 Å². The van der Waals surface area contributed by atoms with Gasteiger partial charge in [0.05, 0.1) is 39.9 Å². The number of rotatable bonds is 24. The third-order valence-electron chi connectivity index (χ3n) is 5.92. The number of likely N-dealkylation sites (N-methyl/N-ethyl adjacent to an activating group) is 1. The van der Waals surface area contributed by atoms with Gasteiger partial charge in [-0.3, -0.25) is 13.8 Å². The van der Waals surface area contributed by atoms with Crippen LogP contribution in [0.5, 0.6) is 0 Å². The predicted octanol–water partition coefficient (Wildman–Crippen LogP) is 5.90. The monoisotopic (exact) mass is 547 g/mol. The number of phosphoric ester groups is 1. The van der Waals surface area contributed by atoms with Gasteiger partial charge in [0.25, 0.3) is 0 Å². The highest BCUT2D eigenvalue weighted by atomic mass is 31.2. The van der Waals surface area contributed by atoms with Gasteiger partial charge in [-0.2, -0.15) is 0 Å². The molecule has 0 aromatic heterocycles. The fraction of sp³-hybridized carbons (Fsp3) is 0.821. The van der Waals surface area contributed by atoms with Gasteiger partial charge in [-0.25, -0.2) is 4.57 Å². The molecule has 0 aromatic rings. The molecule has 0 aliphatic carbocycles. The number of allylic oxidation sites excluding steroid dienone is 3. The number of quaternary nitrogens is 1. The van der Waals surface area contributed by atoms with E-state index in [0.29, 0.717) is 17.4 Å². The van der Waals surface area contributed by atoms with Crippen LogP contribution in [0, 0.1) is 0 Å². The molecule has 8 nitrogen and oxygen atoms in total. The summed E-state index contributed by atoms with van der Waals surface area (Å²) in [6, 6.07) is -0.851. The van der Waals surface area contributed by atoms with Crippen LogP contribution in [0.2, 0.25) is 0 Å². The summed E-state index contributed by atoms with van der Waals surface area (Å²) in [5.74, 6) is -0.210. The highest BCUT2D eigenvalue weighted by Crippen LogP contribution is 2.43. The van der Waals surface area contributed by atoms with E-state index in [4.69, 9.17) is 9.05 Å². The number of hydrogen-bond donors (Lipinski definition) is 3. The molecule has 0 radical (unpaired) electrons. The molecule has 0 heterocycles. The lowest BCUT2D eigenvalue weighted by molar-refractivity contribution is -0.870. The maximum atomic E-state index is 12.4. The van der Waals surface area contributed by atoms with Crippen molar-refractivity contribution >= 4 is 13.7 Å². The number of carbonyl (C=O) groups is 1. The van der Waals surface area contributed by atoms with Crippen LogP contribution in [-0.4, -0.2) is 73.4 Å². The lowest BCUT2D eigenvalue weighted by Gasteiger charge is -2.25. The van der Waals surface area contributed by atoms with E-state index in [9.17, 15) is 19.4 Å². The van der Waals surface area contributed by atoms with E-state index in [1.54, 1.807) is 6.08 Å². The molecule has 3 unspecified atom stereocenters. The first-order valence-electron chi connectivity index (χ1n) is 14.2. The number of aliphatic hydroxyl groups is 1. The van der Waals surface area contributed by atoms with Crippen molar-refractivity contribution in [1.82, 2.24) is 5.32 Å². The molecular formula is C28H56N2O6P+. The molecule has 3 atom stereocenters. The van der Waals surface area contributed by atoms with Gasteiger partial charge in [0.2, 0.25) is 5.91 Å². The smallest absolute Gasteiger partial charge is 0.387 e. The van der Waals surface area contributed by atoms with Gasteiger partial charge >= 0.3 is 7.82 Å². The van der Waals surface area contributed by atoms with Crippen LogP contribution in [0.4, 0.5) is 0 Å². The minimum Gasteiger partial charge on any atom is -0.387 e. The minimum atomic E-state index is -4.31. The summed E-state index contributed by atoms with van der Waals surface area (Å²) in [6.45, 7) is 4.58. The Morgan fingerprint density at radius 2 is 1.49 bits per heavy atom. The van der Waals surface area contributed by atoms with Gasteiger partial charge < -0.3 is 19.8 Å². The molecule has 0 aliphatic rings. The van der Waals surface area contributed by atoms with Crippen LogP contribution in [0.25, 0.3) is 0 Å². The standard InChI is InChI=1S/C28H55N2O6P/c1-6-8-10-12-13-14-15-16-17-18-19-21-27(31)26(29-28(32)22-20-11-9-7-2)25-36-37(33,34)35-24-23-30(3,4)5/h15-16,19,21,26-27,31H,6-14,17-18,20,22-25H2,1-5H3,(H-,29,32,33,34)/p+1/b16-15+,21-19+. The van der Waals surface area contributed by atoms with Crippen LogP contribution in [0.15, 0.2) is 24.3 Å². The van der Waals surface area contributed by atoms with Gasteiger partial charge in [-0.05, 0) is 32.1 Å². The summed E-state index contributed by atoms with van der Waals surface area (Å²) >= 11 is 0. The van der Waals surface area contributed by atoms with Crippen molar-refractivity contribution in [3.63, 3.8) is 0 Å². The first kappa shape index (κ1) is 36.0. The fourth-order valence-corrected chi connectivity index (χ4v) is 4.26. The molecular weight excluding hydrogens is 491 g/mol. The minimum absolute atomic E-state index is 0.0560. The average molecular weight is 548 g/mol. The molecule has 0 fully saturated rings. The van der Waals surface area contributed by atoms with Crippen molar-refractivity contribution in [3.05, 3.63) is 24.3 Å². The molecule has 0 rings (SSSR count). The lowest BCUT2D eigenvalue weighted by atomic mass is 10.1. The predicted molar refractivity (Wildman–Crippen MR) is 152 cm³/mol. The molecule has 0 aliphatic heterocycles. The van der Waals surface area contributed by atoms with Crippen LogP contribution < -0.4 is 5.32 Å². The zero-order valence-electron chi connectivity index (χ0n) is 24.2. The van der Waals surface area contributed by atoms with Crippen molar-refractivity contribution in [1.29, 1.82) is 0 Å². The number of unbranched alkanes of at least 4 members (excludes halogenated alkanes) is 9. The lowest BCUT2D eigenvalue weighted by Crippen LogP contribution is -2.45. The first-order chi connectivity index (χ1) is 17.5. The second kappa shape index (κ2) is 21.9. The summed E-state index contributed by atoms with van der Waals surface area (Å²) in [5.41, 5.74) is 0. The Labute approximate surface area is 226 Å². The number of amides is 1. The van der Waals surface area contributed by atoms with Gasteiger partial charge in [0.1, 0.15) is 13.2 Å². The highest BCUT2D eigenvalue weighted by molar-refractivity contribution is 7.47. The van der Waals surface area contributed by atoms with Gasteiger partial charge in [0.15, 0.2) is 0 Å². The molecule has 1 amide bonds. The van der Waals surface area contributed by atoms with Crippen molar-refractivity contribution < 1.29 is 32.9 Å². The van der Waals surface area contributed by atoms with E-state index in [-0.39, 0.29) is 19.1 Å². The summed E-state index contributed by atoms with van der Waals surface area (Å²) in [5, 5.41) is 13.4. The summed E-state index contributed by atoms with van der Waals surface area (Å²) in [6.07, 6.45) is 20.1. The third kappa shape index (κ3) is 23.8. The normalized spacial score (nSPS) is 15.8. The molecule has 0 bridgehead atoms. The number of aliphatic hydroxyl groups excluding tert-OH is 1. The van der Waals surface area contributed by atoms with Crippen LogP contribution >= 0.6 is 7.82 Å². The molecule has 3 N–H and O–H groups in total. The van der Waals surface area contributed by atoms with E-state index < -0.39 is 20.0 Å². The van der Waals surface area contributed by atoms with Crippen LogP contribution in [0.3, 0.4) is 0 Å². The molecule has 0 spiro atoms. The highest BCUT2D eigenvalue weighted by Gasteiger charge is 2.27. The van der Waals surface area contributed by atoms with Gasteiger partial charge in [-0.15, -0.1) is 0 Å². The van der Waals surface area contributed by atoms with Gasteiger partial charge in [-0.1, -0.05) is 83.1 Å². The molecule has 0 saturated heterocycles. The van der Waals surface area contributed by atoms with E-state index in [1.807, 2.05) is 27.2 Å². The second-order valence-electron chi connectivity index (χ2n) is 10.8. The largest absolute Gasteiger partial charge is 0.472 e. The summed E-state index contributed by atoms with van der Waals surface area (Å²) < 4.78 is 23.1. The molecule has 218 valence electrons. The third-order valence-corrected chi connectivity index (χ3v) is 6.91. The maximum Gasteiger partial charge on any atom is 0.472 e. The van der Waals surface area contributed by atoms with E-state index in [1.165, 1.54) is 32.1 Å². The van der Waals surface area contributed by atoms with Gasteiger partial charge in [0, 0.05) is 6.42 Å². The fourth-order valence-electron chi connectivity index (χ4n) is 3.52. The Kier molecular flexibility index (Phi) is 21.3. The second-order valence-corrected chi connectivity index (χ2v) is 12.2. The van der Waals surface area contributed by atoms with E-state index >= 15 is 0 Å². The maximum absolute atomic E-state index is 12.4. The van der Waals surface area contributed by atoms with Crippen LogP contribution in [0.1, 0.15) is 97.3 Å². The van der Waals surface area contributed by atoms with Crippen molar-refractivity contribution in [2.75, 3.05) is 40.9 Å². The Bertz CT molecular complexity index is 678. The molecule has 9 heteroatoms. The Morgan fingerprint density at radius 1 is 0.892 bits per heavy atom. The number of nitrogens with zero attached hydrogens (tertiary/aromatic N) is 1. The zero-order chi connectivity index (χ0) is 28.0. The average Bonchev–Trinajstić information content (AvgIpc) is 2.81. The topological polar surface area (TPSA) is 105 Å². The molecule has 37 heavy (non-hydrogen) atoms. The van der Waals surface area contributed by atoms with E-state index in [0.717, 1.165) is 44.9 Å². The SMILES string of the molecule is CCCCCCC/C=C/CC/C=C/C(O)C(COP(=O)(O)OCC[N+](C)(C)C)NC(=O)CCCCCC. The Morgan fingerprint density at radius 3 is 2.14 bits per heavy atom. The summed E-state index contributed by atoms with van der Waals surface area (Å²) in [7, 11) is 1.54. The number of nitrogens with one attached hydrogen (secondary N) is 1. The van der Waals surface area contributed by atoms with Crippen molar-refractivity contribution in [3.8, 4) is 0 Å². The Balaban J connectivity index is 4.72. The molecule has 0 aromatic carbocycles. The first-order valence-corrected chi connectivity index (χ1v) is 15.7. The Hall–Kier alpha value is -1.02. The number of hydrogen-bond acceptors (Lipinski definition) is 5. The zero-order valence-corrected chi connectivity index (χ0v) is 25.1. The number of carbonyl (C=O) groups excluding carboxylic acids is 1. The van der Waals surface area contributed by atoms with E-state index in [2.05, 4.69) is 31.3 Å². The number of phosphoric acid groups is 1. The summed E-state index contributed by atoms with van der Waals surface area (Å²) in [4.78, 5) is 22.4. The van der Waals surface area contributed by atoms with Crippen molar-refractivity contribution in [2.24, 2.45) is 0 Å². The van der Waals surface area contributed by atoms with Crippen molar-refractivity contribution in [2.45, 2.75) is 109 Å². The molecule has 0 saturated carbocycles.